The highest BCUT2D eigenvalue weighted by atomic mass is 19.1. The molecule has 0 bridgehead atoms. The molecule has 0 saturated heterocycles. The molecule has 7 nitrogen and oxygen atoms in total. The molecule has 0 spiro atoms. The van der Waals surface area contributed by atoms with Crippen LogP contribution in [0.3, 0.4) is 0 Å². The van der Waals surface area contributed by atoms with Crippen molar-refractivity contribution in [3.63, 3.8) is 0 Å². The van der Waals surface area contributed by atoms with Gasteiger partial charge in [-0.1, -0.05) is 6.07 Å². The number of aryl methyl sites for hydroxylation is 1. The molecular weight excluding hydrogens is 381 g/mol. The zero-order valence-electron chi connectivity index (χ0n) is 16.2. The molecule has 0 radical (unpaired) electrons. The quantitative estimate of drug-likeness (QED) is 0.462. The minimum absolute atomic E-state index is 0.267. The second kappa shape index (κ2) is 7.40. The summed E-state index contributed by atoms with van der Waals surface area (Å²) in [6.07, 6.45) is 3.42. The summed E-state index contributed by atoms with van der Waals surface area (Å²) in [4.78, 5) is 17.1. The lowest BCUT2D eigenvalue weighted by atomic mass is 10.1. The van der Waals surface area contributed by atoms with Crippen molar-refractivity contribution in [2.45, 2.75) is 13.5 Å². The molecule has 30 heavy (non-hydrogen) atoms. The highest BCUT2D eigenvalue weighted by Crippen LogP contribution is 2.29. The van der Waals surface area contributed by atoms with Crippen LogP contribution in [0.4, 0.5) is 10.1 Å². The third-order valence-corrected chi connectivity index (χ3v) is 4.75. The number of rotatable bonds is 5. The van der Waals surface area contributed by atoms with Gasteiger partial charge in [-0.25, -0.2) is 18.9 Å². The lowest BCUT2D eigenvalue weighted by Crippen LogP contribution is -2.01. The Bertz CT molecular complexity index is 1320. The van der Waals surface area contributed by atoms with Crippen molar-refractivity contribution < 1.29 is 4.39 Å². The predicted octanol–water partition coefficient (Wildman–Crippen LogP) is 4.24. The minimum Gasteiger partial charge on any atom is -0.378 e. The van der Waals surface area contributed by atoms with Crippen molar-refractivity contribution in [1.82, 2.24) is 29.5 Å². The number of nitrogens with one attached hydrogen (secondary N) is 2. The normalized spacial score (nSPS) is 11.1. The van der Waals surface area contributed by atoms with E-state index in [9.17, 15) is 4.39 Å². The van der Waals surface area contributed by atoms with Gasteiger partial charge in [0.15, 0.2) is 5.65 Å². The first-order chi connectivity index (χ1) is 14.7. The van der Waals surface area contributed by atoms with E-state index in [4.69, 9.17) is 4.98 Å². The number of benzene rings is 1. The van der Waals surface area contributed by atoms with Crippen LogP contribution in [0, 0.1) is 12.7 Å². The fraction of sp³-hybridized carbons (Fsp3) is 0.0909. The molecule has 0 aliphatic rings. The summed E-state index contributed by atoms with van der Waals surface area (Å²) in [6, 6.07) is 16.0. The molecule has 2 N–H and O–H groups in total. The van der Waals surface area contributed by atoms with Gasteiger partial charge in [0, 0.05) is 23.1 Å². The molecule has 8 heteroatoms. The molecule has 0 unspecified atom stereocenters. The van der Waals surface area contributed by atoms with Crippen molar-refractivity contribution in [3.8, 4) is 22.6 Å². The molecule has 0 amide bonds. The molecule has 4 heterocycles. The molecule has 0 aliphatic carbocycles. The Balaban J connectivity index is 1.54. The van der Waals surface area contributed by atoms with Gasteiger partial charge in [-0.2, -0.15) is 5.10 Å². The minimum atomic E-state index is -0.267. The van der Waals surface area contributed by atoms with Gasteiger partial charge in [-0.05, 0) is 55.5 Å². The van der Waals surface area contributed by atoms with E-state index in [1.165, 1.54) is 18.5 Å². The summed E-state index contributed by atoms with van der Waals surface area (Å²) in [7, 11) is 0. The number of imidazole rings is 1. The average molecular weight is 399 g/mol. The average Bonchev–Trinajstić information content (AvgIpc) is 3.40. The first kappa shape index (κ1) is 18.0. The second-order valence-electron chi connectivity index (χ2n) is 6.91. The van der Waals surface area contributed by atoms with E-state index in [0.717, 1.165) is 45.5 Å². The first-order valence-corrected chi connectivity index (χ1v) is 9.48. The number of fused-ring (bicyclic) bond motifs is 1. The van der Waals surface area contributed by atoms with E-state index in [0.29, 0.717) is 6.54 Å². The van der Waals surface area contributed by atoms with Gasteiger partial charge in [0.05, 0.1) is 23.6 Å². The van der Waals surface area contributed by atoms with Crippen LogP contribution in [0.25, 0.3) is 28.3 Å². The number of hydrogen-bond acceptors (Lipinski definition) is 5. The van der Waals surface area contributed by atoms with Gasteiger partial charge in [0.2, 0.25) is 0 Å². The zero-order valence-corrected chi connectivity index (χ0v) is 16.2. The van der Waals surface area contributed by atoms with Crippen molar-refractivity contribution in [2.75, 3.05) is 5.32 Å². The van der Waals surface area contributed by atoms with Gasteiger partial charge < -0.3 is 10.3 Å². The number of anilines is 1. The molecular formula is C22H18FN7. The lowest BCUT2D eigenvalue weighted by Gasteiger charge is -2.04. The lowest BCUT2D eigenvalue weighted by molar-refractivity contribution is 0.628. The van der Waals surface area contributed by atoms with Gasteiger partial charge in [0.1, 0.15) is 18.0 Å². The predicted molar refractivity (Wildman–Crippen MR) is 112 cm³/mol. The topological polar surface area (TPSA) is 83.8 Å². The largest absolute Gasteiger partial charge is 0.378 e. The molecule has 148 valence electrons. The maximum Gasteiger partial charge on any atom is 0.155 e. The van der Waals surface area contributed by atoms with E-state index in [-0.39, 0.29) is 5.82 Å². The summed E-state index contributed by atoms with van der Waals surface area (Å²) in [5.41, 5.74) is 5.82. The molecule has 5 rings (SSSR count). The summed E-state index contributed by atoms with van der Waals surface area (Å²) < 4.78 is 14.9. The Morgan fingerprint density at radius 1 is 1.03 bits per heavy atom. The zero-order chi connectivity index (χ0) is 20.5. The van der Waals surface area contributed by atoms with Crippen LogP contribution in [0.5, 0.6) is 0 Å². The van der Waals surface area contributed by atoms with Crippen LogP contribution in [0.1, 0.15) is 11.5 Å². The number of H-pyrrole nitrogens is 1. The Hall–Kier alpha value is -4.07. The van der Waals surface area contributed by atoms with E-state index in [1.807, 2.05) is 43.5 Å². The van der Waals surface area contributed by atoms with Crippen molar-refractivity contribution in [2.24, 2.45) is 0 Å². The molecule has 0 saturated carbocycles. The monoisotopic (exact) mass is 399 g/mol. The number of aromatic amines is 1. The Morgan fingerprint density at radius 2 is 1.90 bits per heavy atom. The molecule has 1 aromatic carbocycles. The smallest absolute Gasteiger partial charge is 0.155 e. The van der Waals surface area contributed by atoms with Crippen molar-refractivity contribution in [1.29, 1.82) is 0 Å². The van der Waals surface area contributed by atoms with Gasteiger partial charge in [-0.15, -0.1) is 0 Å². The summed E-state index contributed by atoms with van der Waals surface area (Å²) >= 11 is 0. The highest BCUT2D eigenvalue weighted by molar-refractivity contribution is 5.77. The van der Waals surface area contributed by atoms with Crippen LogP contribution in [-0.4, -0.2) is 29.5 Å². The van der Waals surface area contributed by atoms with Crippen molar-refractivity contribution in [3.05, 3.63) is 84.5 Å². The summed E-state index contributed by atoms with van der Waals surface area (Å²) in [5.74, 6) is 0.475. The third kappa shape index (κ3) is 3.50. The van der Waals surface area contributed by atoms with Crippen LogP contribution < -0.4 is 5.32 Å². The number of nitrogens with zero attached hydrogens (tertiary/aromatic N) is 5. The van der Waals surface area contributed by atoms with Gasteiger partial charge >= 0.3 is 0 Å². The van der Waals surface area contributed by atoms with Crippen LogP contribution in [-0.2, 0) is 6.54 Å². The maximum absolute atomic E-state index is 13.1. The van der Waals surface area contributed by atoms with Gasteiger partial charge in [-0.3, -0.25) is 4.98 Å². The fourth-order valence-electron chi connectivity index (χ4n) is 3.29. The maximum atomic E-state index is 13.1. The van der Waals surface area contributed by atoms with E-state index < -0.39 is 0 Å². The van der Waals surface area contributed by atoms with Gasteiger partial charge in [0.25, 0.3) is 0 Å². The van der Waals surface area contributed by atoms with Crippen molar-refractivity contribution >= 4 is 11.3 Å². The van der Waals surface area contributed by atoms with E-state index in [1.54, 1.807) is 16.6 Å². The third-order valence-electron chi connectivity index (χ3n) is 4.75. The van der Waals surface area contributed by atoms with E-state index >= 15 is 0 Å². The number of hydrogen-bond donors (Lipinski definition) is 2. The fourth-order valence-corrected chi connectivity index (χ4v) is 3.29. The SMILES string of the molecule is Cc1cccc(-c2[nH]c(CNc3ccc(F)cc3)nc2-c2ccc3ncnn3c2)n1. The molecule has 5 aromatic rings. The Labute approximate surface area is 171 Å². The van der Waals surface area contributed by atoms with E-state index in [2.05, 4.69) is 25.4 Å². The molecule has 0 aliphatic heterocycles. The number of pyridine rings is 2. The molecule has 0 fully saturated rings. The highest BCUT2D eigenvalue weighted by Gasteiger charge is 2.16. The first-order valence-electron chi connectivity index (χ1n) is 9.48. The number of aromatic nitrogens is 6. The standard InChI is InChI=1S/C22H18FN7/c1-14-3-2-4-18(27-14)22-21(15-5-10-20-25-13-26-30(20)12-15)28-19(29-22)11-24-17-8-6-16(23)7-9-17/h2-10,12-13,24H,11H2,1H3,(H,28,29). The Kier molecular flexibility index (Phi) is 4.44. The van der Waals surface area contributed by atoms with Crippen LogP contribution >= 0.6 is 0 Å². The summed E-state index contributed by atoms with van der Waals surface area (Å²) in [5, 5.41) is 7.48. The van der Waals surface area contributed by atoms with Crippen LogP contribution in [0.15, 0.2) is 67.1 Å². The second-order valence-corrected chi connectivity index (χ2v) is 6.91. The Morgan fingerprint density at radius 3 is 2.73 bits per heavy atom. The molecule has 0 atom stereocenters. The number of halogens is 1. The summed E-state index contributed by atoms with van der Waals surface area (Å²) in [6.45, 7) is 2.41. The molecule has 4 aromatic heterocycles. The van der Waals surface area contributed by atoms with Crippen LogP contribution in [0.2, 0.25) is 0 Å².